The van der Waals surface area contributed by atoms with Crippen LogP contribution in [0.1, 0.15) is 0 Å². The Balaban J connectivity index is 1.67. The molecule has 8 heteroatoms. The molecule has 0 saturated carbocycles. The third-order valence-electron chi connectivity index (χ3n) is 4.40. The number of carboxylic acids is 1. The number of aliphatic hydroxyl groups is 1. The number of hydrogen-bond acceptors (Lipinski definition) is 5. The fraction of sp³-hybridized carbons (Fsp3) is 0.438. The topological polar surface area (TPSA) is 98.9 Å². The predicted octanol–water partition coefficient (Wildman–Crippen LogP) is -0.376. The van der Waals surface area contributed by atoms with Gasteiger partial charge in [-0.25, -0.2) is 0 Å². The SMILES string of the molecule is CN(CC(=O)O)[C@@H]1CN(C(=O)Cn2ncc3ccccc32)C[C@H]1O. The Bertz CT molecular complexity index is 759. The Morgan fingerprint density at radius 1 is 1.33 bits per heavy atom. The van der Waals surface area contributed by atoms with E-state index in [4.69, 9.17) is 5.11 Å². The van der Waals surface area contributed by atoms with Gasteiger partial charge in [0.25, 0.3) is 0 Å². The van der Waals surface area contributed by atoms with Gasteiger partial charge in [-0.1, -0.05) is 18.2 Å². The van der Waals surface area contributed by atoms with Crippen molar-refractivity contribution in [3.05, 3.63) is 30.5 Å². The fourth-order valence-corrected chi connectivity index (χ4v) is 3.12. The molecule has 8 nitrogen and oxygen atoms in total. The van der Waals surface area contributed by atoms with Crippen molar-refractivity contribution in [2.24, 2.45) is 0 Å². The normalized spacial score (nSPS) is 20.9. The first-order valence-electron chi connectivity index (χ1n) is 7.74. The van der Waals surface area contributed by atoms with Gasteiger partial charge < -0.3 is 15.1 Å². The number of aromatic nitrogens is 2. The molecule has 128 valence electrons. The monoisotopic (exact) mass is 332 g/mol. The minimum atomic E-state index is -0.961. The summed E-state index contributed by atoms with van der Waals surface area (Å²) in [4.78, 5) is 26.4. The summed E-state index contributed by atoms with van der Waals surface area (Å²) in [5.41, 5.74) is 0.880. The average Bonchev–Trinajstić information content (AvgIpc) is 3.11. The molecule has 1 amide bonds. The van der Waals surface area contributed by atoms with Crippen LogP contribution in [0.15, 0.2) is 30.5 Å². The highest BCUT2D eigenvalue weighted by Crippen LogP contribution is 2.17. The van der Waals surface area contributed by atoms with Crippen molar-refractivity contribution in [1.29, 1.82) is 0 Å². The standard InChI is InChI=1S/C16H20N4O4/c1-18(10-16(23)24)13-7-19(8-14(13)21)15(22)9-20-12-5-3-2-4-11(12)6-17-20/h2-6,13-14,21H,7-10H2,1H3,(H,23,24)/t13-,14-/m1/s1. The largest absolute Gasteiger partial charge is 0.480 e. The van der Waals surface area contributed by atoms with Gasteiger partial charge >= 0.3 is 5.97 Å². The van der Waals surface area contributed by atoms with Gasteiger partial charge in [-0.05, 0) is 13.1 Å². The summed E-state index contributed by atoms with van der Waals surface area (Å²) in [7, 11) is 1.64. The van der Waals surface area contributed by atoms with Gasteiger partial charge in [0.2, 0.25) is 5.91 Å². The van der Waals surface area contributed by atoms with Gasteiger partial charge in [0, 0.05) is 18.5 Å². The maximum absolute atomic E-state index is 12.5. The number of hydrogen-bond donors (Lipinski definition) is 2. The fourth-order valence-electron chi connectivity index (χ4n) is 3.12. The van der Waals surface area contributed by atoms with Crippen LogP contribution in [-0.2, 0) is 16.1 Å². The molecular weight excluding hydrogens is 312 g/mol. The van der Waals surface area contributed by atoms with E-state index in [0.717, 1.165) is 10.9 Å². The van der Waals surface area contributed by atoms with Gasteiger partial charge in [0.1, 0.15) is 6.54 Å². The van der Waals surface area contributed by atoms with Crippen LogP contribution in [0, 0.1) is 0 Å². The van der Waals surface area contributed by atoms with Crippen molar-refractivity contribution in [3.63, 3.8) is 0 Å². The highest BCUT2D eigenvalue weighted by molar-refractivity contribution is 5.82. The van der Waals surface area contributed by atoms with Crippen LogP contribution in [0.25, 0.3) is 10.9 Å². The summed E-state index contributed by atoms with van der Waals surface area (Å²) in [5.74, 6) is -1.10. The lowest BCUT2D eigenvalue weighted by Gasteiger charge is -2.24. The molecular formula is C16H20N4O4. The summed E-state index contributed by atoms with van der Waals surface area (Å²) in [6.45, 7) is 0.429. The molecule has 2 heterocycles. The van der Waals surface area contributed by atoms with Gasteiger partial charge in [-0.3, -0.25) is 19.2 Å². The van der Waals surface area contributed by atoms with Gasteiger partial charge in [0.05, 0.1) is 30.4 Å². The zero-order chi connectivity index (χ0) is 17.3. The number of amides is 1. The minimum Gasteiger partial charge on any atom is -0.480 e. The molecule has 2 atom stereocenters. The number of likely N-dealkylation sites (N-methyl/N-ethyl adjacent to an activating group) is 1. The third kappa shape index (κ3) is 3.24. The first kappa shape index (κ1) is 16.4. The van der Waals surface area contributed by atoms with Crippen LogP contribution in [0.5, 0.6) is 0 Å². The Morgan fingerprint density at radius 3 is 2.83 bits per heavy atom. The zero-order valence-corrected chi connectivity index (χ0v) is 13.4. The first-order valence-corrected chi connectivity index (χ1v) is 7.74. The van der Waals surface area contributed by atoms with Crippen LogP contribution in [0.3, 0.4) is 0 Å². The van der Waals surface area contributed by atoms with Crippen LogP contribution < -0.4 is 0 Å². The molecule has 24 heavy (non-hydrogen) atoms. The number of para-hydroxylation sites is 1. The number of aliphatic hydroxyl groups excluding tert-OH is 1. The van der Waals surface area contributed by atoms with E-state index >= 15 is 0 Å². The quantitative estimate of drug-likeness (QED) is 0.775. The van der Waals surface area contributed by atoms with E-state index in [1.165, 1.54) is 0 Å². The molecule has 0 spiro atoms. The lowest BCUT2D eigenvalue weighted by Crippen LogP contribution is -2.43. The van der Waals surface area contributed by atoms with E-state index in [2.05, 4.69) is 5.10 Å². The maximum atomic E-state index is 12.5. The Labute approximate surface area is 138 Å². The number of likely N-dealkylation sites (tertiary alicyclic amines) is 1. The molecule has 2 N–H and O–H groups in total. The van der Waals surface area contributed by atoms with E-state index in [9.17, 15) is 14.7 Å². The molecule has 0 bridgehead atoms. The second kappa shape index (κ2) is 6.58. The number of aliphatic carboxylic acids is 1. The molecule has 1 aliphatic heterocycles. The summed E-state index contributed by atoms with van der Waals surface area (Å²) < 4.78 is 1.64. The van der Waals surface area contributed by atoms with Crippen LogP contribution in [0.4, 0.5) is 0 Å². The average molecular weight is 332 g/mol. The van der Waals surface area contributed by atoms with E-state index in [0.29, 0.717) is 6.54 Å². The Morgan fingerprint density at radius 2 is 2.08 bits per heavy atom. The molecule has 2 aromatic rings. The molecule has 1 fully saturated rings. The van der Waals surface area contributed by atoms with Crippen LogP contribution in [-0.4, -0.2) is 80.5 Å². The lowest BCUT2D eigenvalue weighted by molar-refractivity contribution is -0.138. The second-order valence-electron chi connectivity index (χ2n) is 6.10. The Kier molecular flexibility index (Phi) is 4.50. The van der Waals surface area contributed by atoms with E-state index < -0.39 is 12.1 Å². The van der Waals surface area contributed by atoms with Crippen molar-refractivity contribution in [2.75, 3.05) is 26.7 Å². The number of rotatable bonds is 5. The molecule has 1 aromatic carbocycles. The number of benzene rings is 1. The van der Waals surface area contributed by atoms with Gasteiger partial charge in [-0.15, -0.1) is 0 Å². The highest BCUT2D eigenvalue weighted by atomic mass is 16.4. The molecule has 0 unspecified atom stereocenters. The number of carbonyl (C=O) groups is 2. The van der Waals surface area contributed by atoms with Crippen molar-refractivity contribution in [3.8, 4) is 0 Å². The smallest absolute Gasteiger partial charge is 0.317 e. The van der Waals surface area contributed by atoms with Crippen LogP contribution >= 0.6 is 0 Å². The number of β-amino-alcohol motifs (C(OH)–C–C–N with tert-alkyl or cyclic N) is 1. The molecule has 0 aliphatic carbocycles. The number of nitrogens with zero attached hydrogens (tertiary/aromatic N) is 4. The first-order chi connectivity index (χ1) is 11.5. The zero-order valence-electron chi connectivity index (χ0n) is 13.4. The number of carbonyl (C=O) groups excluding carboxylic acids is 1. The van der Waals surface area contributed by atoms with Crippen molar-refractivity contribution in [2.45, 2.75) is 18.7 Å². The second-order valence-corrected chi connectivity index (χ2v) is 6.10. The summed E-state index contributed by atoms with van der Waals surface area (Å²) in [5, 5.41) is 24.2. The molecule has 1 saturated heterocycles. The van der Waals surface area contributed by atoms with Crippen molar-refractivity contribution in [1.82, 2.24) is 19.6 Å². The molecule has 0 radical (unpaired) electrons. The lowest BCUT2D eigenvalue weighted by atomic mass is 10.2. The van der Waals surface area contributed by atoms with Gasteiger partial charge in [-0.2, -0.15) is 5.10 Å². The maximum Gasteiger partial charge on any atom is 0.317 e. The minimum absolute atomic E-state index is 0.0929. The van der Waals surface area contributed by atoms with E-state index in [-0.39, 0.29) is 31.6 Å². The molecule has 3 rings (SSSR count). The summed E-state index contributed by atoms with van der Waals surface area (Å²) >= 11 is 0. The van der Waals surface area contributed by atoms with Crippen molar-refractivity contribution >= 4 is 22.8 Å². The van der Waals surface area contributed by atoms with E-state index in [1.807, 2.05) is 24.3 Å². The summed E-state index contributed by atoms with van der Waals surface area (Å²) in [6, 6.07) is 7.26. The number of carboxylic acid groups (broad SMARTS) is 1. The highest BCUT2D eigenvalue weighted by Gasteiger charge is 2.36. The molecule has 1 aromatic heterocycles. The van der Waals surface area contributed by atoms with Crippen LogP contribution in [0.2, 0.25) is 0 Å². The van der Waals surface area contributed by atoms with E-state index in [1.54, 1.807) is 27.7 Å². The summed E-state index contributed by atoms with van der Waals surface area (Å²) in [6.07, 6.45) is 0.956. The third-order valence-corrected chi connectivity index (χ3v) is 4.40. The Hall–Kier alpha value is -2.45. The van der Waals surface area contributed by atoms with Gasteiger partial charge in [0.15, 0.2) is 0 Å². The van der Waals surface area contributed by atoms with Crippen molar-refractivity contribution < 1.29 is 19.8 Å². The molecule has 1 aliphatic rings. The number of fused-ring (bicyclic) bond motifs is 1. The predicted molar refractivity (Wildman–Crippen MR) is 86.4 cm³/mol.